The van der Waals surface area contributed by atoms with Crippen LogP contribution in [0.25, 0.3) is 6.08 Å². The van der Waals surface area contributed by atoms with Crippen molar-refractivity contribution in [3.05, 3.63) is 106 Å². The third-order valence-corrected chi connectivity index (χ3v) is 6.52. The largest absolute Gasteiger partial charge is 0.489 e. The lowest BCUT2D eigenvalue weighted by molar-refractivity contribution is -0.125. The predicted molar refractivity (Wildman–Crippen MR) is 130 cm³/mol. The quantitative estimate of drug-likeness (QED) is 0.468. The second kappa shape index (κ2) is 9.18. The Morgan fingerprint density at radius 3 is 2.38 bits per heavy atom. The SMILES string of the molecule is C/C(=C\c1ccc(C)c(OC2Cc3ccccc3C2)c1)C(=O)N1C(=O)OCC1c1ccccc1. The number of fused-ring (bicyclic) bond motifs is 1. The molecule has 172 valence electrons. The van der Waals surface area contributed by atoms with Gasteiger partial charge in [-0.25, -0.2) is 9.69 Å². The first-order chi connectivity index (χ1) is 16.5. The summed E-state index contributed by atoms with van der Waals surface area (Å²) in [7, 11) is 0. The van der Waals surface area contributed by atoms with Crippen LogP contribution in [0.1, 0.15) is 40.8 Å². The Morgan fingerprint density at radius 1 is 1.00 bits per heavy atom. The molecule has 1 saturated heterocycles. The standard InChI is InChI=1S/C29H27NO4/c1-19-12-13-21(15-27(19)34-25-16-23-10-6-7-11-24(23)17-25)14-20(2)28(31)30-26(18-33-29(30)32)22-8-4-3-5-9-22/h3-15,25-26H,16-18H2,1-2H3/b20-14+. The molecule has 0 radical (unpaired) electrons. The number of benzene rings is 3. The molecular weight excluding hydrogens is 426 g/mol. The molecule has 1 unspecified atom stereocenters. The topological polar surface area (TPSA) is 55.8 Å². The van der Waals surface area contributed by atoms with Crippen molar-refractivity contribution < 1.29 is 19.1 Å². The number of ether oxygens (including phenoxy) is 2. The van der Waals surface area contributed by atoms with E-state index in [4.69, 9.17) is 9.47 Å². The Labute approximate surface area is 199 Å². The Hall–Kier alpha value is -3.86. The van der Waals surface area contributed by atoms with E-state index in [-0.39, 0.29) is 18.6 Å². The number of hydrogen-bond acceptors (Lipinski definition) is 4. The molecule has 1 fully saturated rings. The van der Waals surface area contributed by atoms with Crippen molar-refractivity contribution in [3.63, 3.8) is 0 Å². The zero-order valence-electron chi connectivity index (χ0n) is 19.4. The molecule has 5 rings (SSSR count). The summed E-state index contributed by atoms with van der Waals surface area (Å²) in [4.78, 5) is 26.8. The van der Waals surface area contributed by atoms with E-state index in [9.17, 15) is 9.59 Å². The number of hydrogen-bond donors (Lipinski definition) is 0. The van der Waals surface area contributed by atoms with E-state index >= 15 is 0 Å². The van der Waals surface area contributed by atoms with Gasteiger partial charge in [0.25, 0.3) is 5.91 Å². The predicted octanol–water partition coefficient (Wildman–Crippen LogP) is 5.66. The summed E-state index contributed by atoms with van der Waals surface area (Å²) in [5, 5.41) is 0. The van der Waals surface area contributed by atoms with Crippen molar-refractivity contribution in [2.45, 2.75) is 38.8 Å². The van der Waals surface area contributed by atoms with Gasteiger partial charge in [0.1, 0.15) is 24.5 Å². The molecule has 1 heterocycles. The van der Waals surface area contributed by atoms with Crippen molar-refractivity contribution in [1.82, 2.24) is 4.90 Å². The molecule has 3 aromatic rings. The van der Waals surface area contributed by atoms with Gasteiger partial charge in [0.15, 0.2) is 0 Å². The summed E-state index contributed by atoms with van der Waals surface area (Å²) in [6, 6.07) is 23.4. The molecule has 34 heavy (non-hydrogen) atoms. The van der Waals surface area contributed by atoms with Crippen molar-refractivity contribution in [2.24, 2.45) is 0 Å². The van der Waals surface area contributed by atoms with Crippen molar-refractivity contribution in [1.29, 1.82) is 0 Å². The van der Waals surface area contributed by atoms with Crippen LogP contribution >= 0.6 is 0 Å². The highest BCUT2D eigenvalue weighted by Crippen LogP contribution is 2.31. The lowest BCUT2D eigenvalue weighted by Gasteiger charge is -2.20. The van der Waals surface area contributed by atoms with Gasteiger partial charge in [-0.3, -0.25) is 4.79 Å². The Kier molecular flexibility index (Phi) is 5.93. The lowest BCUT2D eigenvalue weighted by Crippen LogP contribution is -2.34. The second-order valence-corrected chi connectivity index (χ2v) is 8.95. The van der Waals surface area contributed by atoms with Gasteiger partial charge in [-0.2, -0.15) is 0 Å². The molecule has 3 aromatic carbocycles. The smallest absolute Gasteiger partial charge is 0.417 e. The normalized spacial score (nSPS) is 18.1. The van der Waals surface area contributed by atoms with E-state index in [0.717, 1.165) is 35.3 Å². The third-order valence-electron chi connectivity index (χ3n) is 6.52. The fraction of sp³-hybridized carbons (Fsp3) is 0.241. The van der Waals surface area contributed by atoms with E-state index in [1.165, 1.54) is 16.0 Å². The van der Waals surface area contributed by atoms with E-state index in [0.29, 0.717) is 5.57 Å². The summed E-state index contributed by atoms with van der Waals surface area (Å²) in [5.41, 5.74) is 5.91. The van der Waals surface area contributed by atoms with Crippen LogP contribution in [-0.2, 0) is 22.4 Å². The van der Waals surface area contributed by atoms with Gasteiger partial charge < -0.3 is 9.47 Å². The average Bonchev–Trinajstić information content (AvgIpc) is 3.44. The van der Waals surface area contributed by atoms with E-state index in [1.54, 1.807) is 13.0 Å². The van der Waals surface area contributed by atoms with Gasteiger partial charge in [0.2, 0.25) is 0 Å². The molecule has 1 aliphatic heterocycles. The van der Waals surface area contributed by atoms with Crippen LogP contribution < -0.4 is 4.74 Å². The van der Waals surface area contributed by atoms with Gasteiger partial charge >= 0.3 is 6.09 Å². The summed E-state index contributed by atoms with van der Waals surface area (Å²) >= 11 is 0. The van der Waals surface area contributed by atoms with Crippen LogP contribution in [0.5, 0.6) is 5.75 Å². The number of aryl methyl sites for hydroxylation is 1. The minimum atomic E-state index is -0.611. The highest BCUT2D eigenvalue weighted by atomic mass is 16.6. The van der Waals surface area contributed by atoms with Crippen molar-refractivity contribution in [3.8, 4) is 5.75 Å². The fourth-order valence-corrected chi connectivity index (χ4v) is 4.68. The highest BCUT2D eigenvalue weighted by Gasteiger charge is 2.39. The number of rotatable bonds is 5. The Balaban J connectivity index is 1.34. The molecule has 0 N–H and O–H groups in total. The van der Waals surface area contributed by atoms with Gasteiger partial charge in [-0.05, 0) is 53.8 Å². The van der Waals surface area contributed by atoms with E-state index in [2.05, 4.69) is 24.3 Å². The number of cyclic esters (lactones) is 1. The van der Waals surface area contributed by atoms with Crippen LogP contribution in [0.2, 0.25) is 0 Å². The molecule has 0 aromatic heterocycles. The van der Waals surface area contributed by atoms with Crippen LogP contribution in [0.15, 0.2) is 78.4 Å². The second-order valence-electron chi connectivity index (χ2n) is 8.95. The number of imide groups is 1. The van der Waals surface area contributed by atoms with Crippen LogP contribution in [0, 0.1) is 6.92 Å². The molecule has 5 nitrogen and oxygen atoms in total. The van der Waals surface area contributed by atoms with E-state index in [1.807, 2.05) is 55.5 Å². The zero-order chi connectivity index (χ0) is 23.7. The zero-order valence-corrected chi connectivity index (χ0v) is 19.4. The first-order valence-corrected chi connectivity index (χ1v) is 11.6. The van der Waals surface area contributed by atoms with Gasteiger partial charge in [-0.15, -0.1) is 0 Å². The summed E-state index contributed by atoms with van der Waals surface area (Å²) in [6.07, 6.45) is 3.08. The van der Waals surface area contributed by atoms with Crippen LogP contribution in [0.3, 0.4) is 0 Å². The maximum atomic E-state index is 13.2. The maximum Gasteiger partial charge on any atom is 0.417 e. The first-order valence-electron chi connectivity index (χ1n) is 11.6. The van der Waals surface area contributed by atoms with Gasteiger partial charge in [-0.1, -0.05) is 66.7 Å². The minimum Gasteiger partial charge on any atom is -0.489 e. The third kappa shape index (κ3) is 4.34. The van der Waals surface area contributed by atoms with Crippen molar-refractivity contribution >= 4 is 18.1 Å². The van der Waals surface area contributed by atoms with Crippen LogP contribution in [-0.4, -0.2) is 29.6 Å². The van der Waals surface area contributed by atoms with Crippen molar-refractivity contribution in [2.75, 3.05) is 6.61 Å². The number of carbonyl (C=O) groups excluding carboxylic acids is 2. The first kappa shape index (κ1) is 22.0. The summed E-state index contributed by atoms with van der Waals surface area (Å²) in [5.74, 6) is 0.459. The summed E-state index contributed by atoms with van der Waals surface area (Å²) < 4.78 is 11.6. The molecule has 2 aliphatic rings. The molecule has 1 atom stereocenters. The maximum absolute atomic E-state index is 13.2. The van der Waals surface area contributed by atoms with E-state index < -0.39 is 12.1 Å². The molecule has 1 aliphatic carbocycles. The summed E-state index contributed by atoms with van der Waals surface area (Å²) in [6.45, 7) is 3.91. The molecule has 5 heteroatoms. The lowest BCUT2D eigenvalue weighted by atomic mass is 10.0. The molecule has 0 spiro atoms. The molecule has 2 amide bonds. The van der Waals surface area contributed by atoms with Crippen LogP contribution in [0.4, 0.5) is 4.79 Å². The van der Waals surface area contributed by atoms with Gasteiger partial charge in [0.05, 0.1) is 0 Å². The number of amides is 2. The number of nitrogens with zero attached hydrogens (tertiary/aromatic N) is 1. The monoisotopic (exact) mass is 453 g/mol. The molecule has 0 saturated carbocycles. The Morgan fingerprint density at radius 2 is 1.68 bits per heavy atom. The average molecular weight is 454 g/mol. The highest BCUT2D eigenvalue weighted by molar-refractivity contribution is 6.05. The molecule has 0 bridgehead atoms. The van der Waals surface area contributed by atoms with Gasteiger partial charge in [0, 0.05) is 18.4 Å². The minimum absolute atomic E-state index is 0.101. The fourth-order valence-electron chi connectivity index (χ4n) is 4.68. The Bertz CT molecular complexity index is 1240. The molecular formula is C29H27NO4. The number of carbonyl (C=O) groups is 2.